The van der Waals surface area contributed by atoms with E-state index >= 15 is 0 Å². The Labute approximate surface area is 150 Å². The van der Waals surface area contributed by atoms with E-state index in [-0.39, 0.29) is 22.9 Å². The van der Waals surface area contributed by atoms with E-state index in [1.807, 2.05) is 30.3 Å². The van der Waals surface area contributed by atoms with Crippen LogP contribution < -0.4 is 10.7 Å². The van der Waals surface area contributed by atoms with Crippen LogP contribution in [0.5, 0.6) is 0 Å². The summed E-state index contributed by atoms with van der Waals surface area (Å²) in [5.74, 6) is -0.625. The predicted octanol–water partition coefficient (Wildman–Crippen LogP) is 3.58. The van der Waals surface area contributed by atoms with E-state index in [4.69, 9.17) is 17.3 Å². The molecule has 1 aliphatic heterocycles. The molecule has 25 heavy (non-hydrogen) atoms. The van der Waals surface area contributed by atoms with Crippen molar-refractivity contribution in [2.75, 3.05) is 5.01 Å². The fourth-order valence-electron chi connectivity index (χ4n) is 2.76. The second-order valence-electron chi connectivity index (χ2n) is 5.58. The predicted molar refractivity (Wildman–Crippen MR) is 98.1 cm³/mol. The van der Waals surface area contributed by atoms with Crippen LogP contribution in [0.3, 0.4) is 0 Å². The SMILES string of the molecule is CC(=O)C1=NN(c2ccccc2)C(N)=C(C#N)C1c1ccc(Cl)cc1. The van der Waals surface area contributed by atoms with E-state index in [9.17, 15) is 10.1 Å². The van der Waals surface area contributed by atoms with Crippen LogP contribution in [0, 0.1) is 11.3 Å². The summed E-state index contributed by atoms with van der Waals surface area (Å²) in [5, 5.41) is 16.2. The molecule has 0 saturated carbocycles. The third kappa shape index (κ3) is 3.12. The lowest BCUT2D eigenvalue weighted by Gasteiger charge is -2.30. The maximum atomic E-state index is 12.2. The first-order valence-electron chi connectivity index (χ1n) is 7.62. The molecular weight excluding hydrogens is 336 g/mol. The molecule has 2 aromatic rings. The molecule has 3 rings (SSSR count). The highest BCUT2D eigenvalue weighted by atomic mass is 35.5. The van der Waals surface area contributed by atoms with Crippen LogP contribution in [0.4, 0.5) is 5.69 Å². The van der Waals surface area contributed by atoms with Gasteiger partial charge in [0, 0.05) is 11.9 Å². The Morgan fingerprint density at radius 2 is 1.84 bits per heavy atom. The number of nitrogens with two attached hydrogens (primary N) is 1. The molecule has 0 radical (unpaired) electrons. The summed E-state index contributed by atoms with van der Waals surface area (Å²) in [6, 6.07) is 18.3. The van der Waals surface area contributed by atoms with Crippen molar-refractivity contribution >= 4 is 28.8 Å². The van der Waals surface area contributed by atoms with Crippen molar-refractivity contribution in [2.45, 2.75) is 12.8 Å². The average Bonchev–Trinajstić information content (AvgIpc) is 2.62. The largest absolute Gasteiger partial charge is 0.383 e. The van der Waals surface area contributed by atoms with Crippen LogP contribution in [-0.2, 0) is 4.79 Å². The fraction of sp³-hybridized carbons (Fsp3) is 0.105. The lowest BCUT2D eigenvalue weighted by molar-refractivity contribution is -0.111. The summed E-state index contributed by atoms with van der Waals surface area (Å²) in [4.78, 5) is 12.2. The van der Waals surface area contributed by atoms with Gasteiger partial charge in [-0.05, 0) is 29.8 Å². The van der Waals surface area contributed by atoms with Crippen molar-refractivity contribution in [3.05, 3.63) is 76.6 Å². The minimum Gasteiger partial charge on any atom is -0.383 e. The maximum absolute atomic E-state index is 12.2. The molecule has 1 unspecified atom stereocenters. The van der Waals surface area contributed by atoms with Crippen molar-refractivity contribution in [3.63, 3.8) is 0 Å². The lowest BCUT2D eigenvalue weighted by Crippen LogP contribution is -2.36. The van der Waals surface area contributed by atoms with Gasteiger partial charge in [0.25, 0.3) is 0 Å². The molecule has 6 heteroatoms. The van der Waals surface area contributed by atoms with Gasteiger partial charge in [-0.25, -0.2) is 5.01 Å². The number of nitriles is 1. The third-order valence-electron chi connectivity index (χ3n) is 3.96. The van der Waals surface area contributed by atoms with E-state index in [1.165, 1.54) is 11.9 Å². The van der Waals surface area contributed by atoms with Gasteiger partial charge >= 0.3 is 0 Å². The number of nitrogens with zero attached hydrogens (tertiary/aromatic N) is 3. The molecule has 0 amide bonds. The number of carbonyl (C=O) groups is 1. The van der Waals surface area contributed by atoms with E-state index in [2.05, 4.69) is 11.2 Å². The highest BCUT2D eigenvalue weighted by Gasteiger charge is 2.34. The zero-order valence-electron chi connectivity index (χ0n) is 13.5. The van der Waals surface area contributed by atoms with Crippen LogP contribution in [0.25, 0.3) is 0 Å². The number of para-hydroxylation sites is 1. The molecule has 1 atom stereocenters. The molecule has 1 aliphatic rings. The molecule has 0 spiro atoms. The van der Waals surface area contributed by atoms with Crippen molar-refractivity contribution < 1.29 is 4.79 Å². The summed E-state index contributed by atoms with van der Waals surface area (Å²) < 4.78 is 0. The van der Waals surface area contributed by atoms with Gasteiger partial charge in [0.2, 0.25) is 0 Å². The number of carbonyl (C=O) groups excluding carboxylic acids is 1. The Hall–Kier alpha value is -3.10. The van der Waals surface area contributed by atoms with Crippen molar-refractivity contribution in [1.29, 1.82) is 5.26 Å². The van der Waals surface area contributed by atoms with E-state index in [1.54, 1.807) is 24.3 Å². The van der Waals surface area contributed by atoms with Gasteiger partial charge < -0.3 is 5.73 Å². The van der Waals surface area contributed by atoms with Crippen LogP contribution in [0.2, 0.25) is 5.02 Å². The molecule has 1 heterocycles. The number of halogens is 1. The molecule has 2 N–H and O–H groups in total. The summed E-state index contributed by atoms with van der Waals surface area (Å²) in [7, 11) is 0. The van der Waals surface area contributed by atoms with Crippen molar-refractivity contribution in [2.24, 2.45) is 10.8 Å². The number of anilines is 1. The minimum absolute atomic E-state index is 0.207. The number of ketones is 1. The number of benzene rings is 2. The number of hydrazone groups is 1. The van der Waals surface area contributed by atoms with Gasteiger partial charge in [0.15, 0.2) is 5.78 Å². The second kappa shape index (κ2) is 6.80. The quantitative estimate of drug-likeness (QED) is 0.917. The smallest absolute Gasteiger partial charge is 0.176 e. The first kappa shape index (κ1) is 16.7. The van der Waals surface area contributed by atoms with Gasteiger partial charge in [0.1, 0.15) is 11.5 Å². The van der Waals surface area contributed by atoms with E-state index in [0.29, 0.717) is 10.7 Å². The highest BCUT2D eigenvalue weighted by Crippen LogP contribution is 2.34. The number of rotatable bonds is 3. The van der Waals surface area contributed by atoms with Gasteiger partial charge in [-0.3, -0.25) is 4.79 Å². The molecule has 0 aliphatic carbocycles. The number of hydrogen-bond donors (Lipinski definition) is 1. The molecular formula is C19H15ClN4O. The molecule has 5 nitrogen and oxygen atoms in total. The van der Waals surface area contributed by atoms with Crippen molar-refractivity contribution in [3.8, 4) is 6.07 Å². The Balaban J connectivity index is 2.18. The Kier molecular flexibility index (Phi) is 4.55. The topological polar surface area (TPSA) is 82.5 Å². The number of allylic oxidation sites excluding steroid dienone is 1. The Morgan fingerprint density at radius 3 is 2.40 bits per heavy atom. The molecule has 0 saturated heterocycles. The lowest BCUT2D eigenvalue weighted by atomic mass is 9.84. The third-order valence-corrected chi connectivity index (χ3v) is 4.21. The maximum Gasteiger partial charge on any atom is 0.176 e. The fourth-order valence-corrected chi connectivity index (χ4v) is 2.89. The summed E-state index contributed by atoms with van der Waals surface area (Å²) in [6.07, 6.45) is 0. The van der Waals surface area contributed by atoms with Crippen molar-refractivity contribution in [1.82, 2.24) is 0 Å². The van der Waals surface area contributed by atoms with Crippen LogP contribution in [-0.4, -0.2) is 11.5 Å². The number of Topliss-reactive ketones (excluding diaryl/α,β-unsaturated/α-hetero) is 1. The normalized spacial score (nSPS) is 17.1. The molecule has 0 bridgehead atoms. The van der Waals surface area contributed by atoms with Crippen LogP contribution in [0.15, 0.2) is 71.1 Å². The average molecular weight is 351 g/mol. The monoisotopic (exact) mass is 350 g/mol. The molecule has 0 aromatic heterocycles. The van der Waals surface area contributed by atoms with E-state index in [0.717, 1.165) is 5.56 Å². The van der Waals surface area contributed by atoms with Gasteiger partial charge in [-0.2, -0.15) is 10.4 Å². The summed E-state index contributed by atoms with van der Waals surface area (Å²) >= 11 is 5.94. The first-order valence-corrected chi connectivity index (χ1v) is 8.00. The van der Waals surface area contributed by atoms with Gasteiger partial charge in [0.05, 0.1) is 23.2 Å². The highest BCUT2D eigenvalue weighted by molar-refractivity contribution is 6.42. The van der Waals surface area contributed by atoms with Crippen LogP contribution in [0.1, 0.15) is 18.4 Å². The minimum atomic E-state index is -0.611. The van der Waals surface area contributed by atoms with Crippen LogP contribution >= 0.6 is 11.6 Å². The Bertz CT molecular complexity index is 911. The number of hydrogen-bond acceptors (Lipinski definition) is 5. The summed E-state index contributed by atoms with van der Waals surface area (Å²) in [5.41, 5.74) is 8.19. The van der Waals surface area contributed by atoms with Gasteiger partial charge in [-0.15, -0.1) is 0 Å². The Morgan fingerprint density at radius 1 is 1.20 bits per heavy atom. The zero-order chi connectivity index (χ0) is 18.0. The second-order valence-corrected chi connectivity index (χ2v) is 6.02. The standard InChI is InChI=1S/C19H15ClN4O/c1-12(25)18-17(13-7-9-14(20)10-8-13)16(11-21)19(22)24(23-18)15-5-3-2-4-6-15/h2-10,17H,22H2,1H3. The molecule has 2 aromatic carbocycles. The molecule has 0 fully saturated rings. The molecule has 124 valence electrons. The summed E-state index contributed by atoms with van der Waals surface area (Å²) in [6.45, 7) is 1.43. The zero-order valence-corrected chi connectivity index (χ0v) is 14.2. The van der Waals surface area contributed by atoms with Gasteiger partial charge in [-0.1, -0.05) is 41.9 Å². The first-order chi connectivity index (χ1) is 12.0. The van der Waals surface area contributed by atoms with E-state index < -0.39 is 5.92 Å².